The zero-order valence-electron chi connectivity index (χ0n) is 10.4. The van der Waals surface area contributed by atoms with Gasteiger partial charge >= 0.3 is 5.97 Å². The third-order valence-electron chi connectivity index (χ3n) is 3.33. The van der Waals surface area contributed by atoms with Crippen molar-refractivity contribution in [1.29, 1.82) is 0 Å². The normalized spacial score (nSPS) is 16.4. The molecule has 0 bridgehead atoms. The van der Waals surface area contributed by atoms with Crippen LogP contribution in [0.3, 0.4) is 0 Å². The fourth-order valence-electron chi connectivity index (χ4n) is 2.02. The molecular weight excluding hydrogens is 242 g/mol. The first kappa shape index (κ1) is 14.6. The van der Waals surface area contributed by atoms with Crippen molar-refractivity contribution < 1.29 is 23.8 Å². The number of carboxylic acid groups (broad SMARTS) is 1. The van der Waals surface area contributed by atoms with Gasteiger partial charge in [-0.25, -0.2) is 13.6 Å². The van der Waals surface area contributed by atoms with Crippen LogP contribution in [-0.2, 0) is 4.79 Å². The van der Waals surface area contributed by atoms with Crippen LogP contribution in [0.5, 0.6) is 0 Å². The molecule has 0 radical (unpaired) electrons. The molecule has 1 rings (SSSR count). The molecule has 0 amide bonds. The molecule has 0 spiro atoms. The van der Waals surface area contributed by atoms with Gasteiger partial charge in [0.05, 0.1) is 0 Å². The number of halogens is 2. The highest BCUT2D eigenvalue weighted by Crippen LogP contribution is 2.36. The van der Waals surface area contributed by atoms with E-state index in [0.29, 0.717) is 0 Å². The molecule has 1 aromatic carbocycles. The number of carbonyl (C=O) groups is 1. The summed E-state index contributed by atoms with van der Waals surface area (Å²) in [7, 11) is 0. The number of carboxylic acids is 1. The largest absolute Gasteiger partial charge is 0.479 e. The summed E-state index contributed by atoms with van der Waals surface area (Å²) in [5.74, 6) is -5.34. The van der Waals surface area contributed by atoms with Crippen molar-refractivity contribution >= 4 is 5.97 Å². The lowest BCUT2D eigenvalue weighted by Crippen LogP contribution is -2.48. The summed E-state index contributed by atoms with van der Waals surface area (Å²) in [6.07, 6.45) is 0. The zero-order valence-corrected chi connectivity index (χ0v) is 10.4. The summed E-state index contributed by atoms with van der Waals surface area (Å²) >= 11 is 0. The summed E-state index contributed by atoms with van der Waals surface area (Å²) in [4.78, 5) is 11.2. The van der Waals surface area contributed by atoms with Crippen LogP contribution in [0, 0.1) is 17.6 Å². The molecule has 0 heterocycles. The summed E-state index contributed by atoms with van der Waals surface area (Å²) < 4.78 is 26.8. The third-order valence-corrected chi connectivity index (χ3v) is 3.33. The highest BCUT2D eigenvalue weighted by molar-refractivity contribution is 5.79. The van der Waals surface area contributed by atoms with Crippen LogP contribution in [-0.4, -0.2) is 21.8 Å². The molecule has 18 heavy (non-hydrogen) atoms. The zero-order chi connectivity index (χ0) is 14.1. The van der Waals surface area contributed by atoms with Crippen LogP contribution in [0.25, 0.3) is 0 Å². The van der Waals surface area contributed by atoms with Crippen LogP contribution in [0.15, 0.2) is 18.2 Å². The lowest BCUT2D eigenvalue weighted by molar-refractivity contribution is -0.166. The highest BCUT2D eigenvalue weighted by atomic mass is 19.2. The number of hydrogen-bond acceptors (Lipinski definition) is 2. The van der Waals surface area contributed by atoms with E-state index in [9.17, 15) is 18.7 Å². The van der Waals surface area contributed by atoms with Crippen LogP contribution >= 0.6 is 0 Å². The summed E-state index contributed by atoms with van der Waals surface area (Å²) in [5, 5.41) is 19.3. The number of rotatable bonds is 4. The SMILES string of the molecule is CC(C)C(O)(C(=O)O)C(C)c1cccc(F)c1F. The Labute approximate surface area is 104 Å². The number of aliphatic hydroxyl groups is 1. The second-order valence-electron chi connectivity index (χ2n) is 4.65. The quantitative estimate of drug-likeness (QED) is 0.872. The van der Waals surface area contributed by atoms with E-state index in [0.717, 1.165) is 6.07 Å². The van der Waals surface area contributed by atoms with E-state index in [-0.39, 0.29) is 5.56 Å². The third kappa shape index (κ3) is 2.22. The Bertz CT molecular complexity index is 460. The fraction of sp³-hybridized carbons (Fsp3) is 0.462. The van der Waals surface area contributed by atoms with E-state index in [4.69, 9.17) is 5.11 Å². The smallest absolute Gasteiger partial charge is 0.336 e. The minimum absolute atomic E-state index is 0.145. The molecule has 0 aromatic heterocycles. The topological polar surface area (TPSA) is 57.5 Å². The monoisotopic (exact) mass is 258 g/mol. The van der Waals surface area contributed by atoms with Gasteiger partial charge < -0.3 is 10.2 Å². The van der Waals surface area contributed by atoms with Gasteiger partial charge in [-0.2, -0.15) is 0 Å². The highest BCUT2D eigenvalue weighted by Gasteiger charge is 2.46. The molecule has 0 aliphatic heterocycles. The standard InChI is InChI=1S/C13H16F2O3/c1-7(2)13(18,12(16)17)8(3)9-5-4-6-10(14)11(9)15/h4-8,18H,1-3H3,(H,16,17). The van der Waals surface area contributed by atoms with Crippen molar-refractivity contribution in [3.05, 3.63) is 35.4 Å². The van der Waals surface area contributed by atoms with Crippen LogP contribution in [0.4, 0.5) is 8.78 Å². The minimum Gasteiger partial charge on any atom is -0.479 e. The first-order chi connectivity index (χ1) is 8.22. The van der Waals surface area contributed by atoms with Gasteiger partial charge in [0.2, 0.25) is 0 Å². The van der Waals surface area contributed by atoms with Crippen molar-refractivity contribution in [2.45, 2.75) is 32.3 Å². The van der Waals surface area contributed by atoms with E-state index in [1.165, 1.54) is 32.9 Å². The van der Waals surface area contributed by atoms with Crippen LogP contribution in [0.2, 0.25) is 0 Å². The number of benzene rings is 1. The predicted octanol–water partition coefficient (Wildman–Crippen LogP) is 2.54. The van der Waals surface area contributed by atoms with Gasteiger partial charge in [-0.05, 0) is 17.5 Å². The molecule has 0 saturated carbocycles. The van der Waals surface area contributed by atoms with Crippen LogP contribution in [0.1, 0.15) is 32.3 Å². The number of aliphatic carboxylic acids is 1. The maximum Gasteiger partial charge on any atom is 0.336 e. The molecule has 3 nitrogen and oxygen atoms in total. The Kier molecular flexibility index (Phi) is 4.06. The van der Waals surface area contributed by atoms with Crippen molar-refractivity contribution in [2.75, 3.05) is 0 Å². The molecule has 2 N–H and O–H groups in total. The second kappa shape index (κ2) is 5.02. The van der Waals surface area contributed by atoms with Crippen molar-refractivity contribution in [3.63, 3.8) is 0 Å². The average Bonchev–Trinajstić information content (AvgIpc) is 2.30. The lowest BCUT2D eigenvalue weighted by atomic mass is 9.76. The molecule has 2 unspecified atom stereocenters. The summed E-state index contributed by atoms with van der Waals surface area (Å²) in [6, 6.07) is 3.51. The molecule has 2 atom stereocenters. The van der Waals surface area contributed by atoms with Gasteiger partial charge in [-0.1, -0.05) is 32.9 Å². The van der Waals surface area contributed by atoms with Gasteiger partial charge in [0.1, 0.15) is 0 Å². The molecule has 0 saturated heterocycles. The molecule has 100 valence electrons. The Balaban J connectivity index is 3.31. The van der Waals surface area contributed by atoms with Gasteiger partial charge in [0, 0.05) is 5.92 Å². The van der Waals surface area contributed by atoms with E-state index < -0.39 is 35.0 Å². The number of hydrogen-bond donors (Lipinski definition) is 2. The van der Waals surface area contributed by atoms with Gasteiger partial charge in [-0.15, -0.1) is 0 Å². The average molecular weight is 258 g/mol. The van der Waals surface area contributed by atoms with Gasteiger partial charge in [0.25, 0.3) is 0 Å². The predicted molar refractivity (Wildman–Crippen MR) is 62.2 cm³/mol. The maximum atomic E-state index is 13.6. The minimum atomic E-state index is -2.14. The van der Waals surface area contributed by atoms with E-state index in [1.807, 2.05) is 0 Å². The molecule has 0 fully saturated rings. The van der Waals surface area contributed by atoms with Gasteiger partial charge in [0.15, 0.2) is 17.2 Å². The van der Waals surface area contributed by atoms with Crippen LogP contribution < -0.4 is 0 Å². The van der Waals surface area contributed by atoms with Gasteiger partial charge in [-0.3, -0.25) is 0 Å². The fourth-order valence-corrected chi connectivity index (χ4v) is 2.02. The van der Waals surface area contributed by atoms with E-state index in [1.54, 1.807) is 0 Å². The Morgan fingerprint density at radius 2 is 1.83 bits per heavy atom. The molecule has 5 heteroatoms. The van der Waals surface area contributed by atoms with Crippen molar-refractivity contribution in [2.24, 2.45) is 5.92 Å². The summed E-state index contributed by atoms with van der Waals surface area (Å²) in [5.41, 5.74) is -2.29. The summed E-state index contributed by atoms with van der Waals surface area (Å²) in [6.45, 7) is 4.40. The molecule has 1 aromatic rings. The van der Waals surface area contributed by atoms with Crippen molar-refractivity contribution in [1.82, 2.24) is 0 Å². The van der Waals surface area contributed by atoms with E-state index >= 15 is 0 Å². The first-order valence-corrected chi connectivity index (χ1v) is 5.62. The Morgan fingerprint density at radius 3 is 2.28 bits per heavy atom. The second-order valence-corrected chi connectivity index (χ2v) is 4.65. The Morgan fingerprint density at radius 1 is 1.28 bits per heavy atom. The maximum absolute atomic E-state index is 13.6. The molecular formula is C13H16F2O3. The Hall–Kier alpha value is -1.49. The molecule has 0 aliphatic carbocycles. The molecule has 0 aliphatic rings. The lowest BCUT2D eigenvalue weighted by Gasteiger charge is -2.34. The van der Waals surface area contributed by atoms with E-state index in [2.05, 4.69) is 0 Å². The first-order valence-electron chi connectivity index (χ1n) is 5.62. The van der Waals surface area contributed by atoms with Crippen molar-refractivity contribution in [3.8, 4) is 0 Å².